The second-order valence-corrected chi connectivity index (χ2v) is 6.25. The van der Waals surface area contributed by atoms with Gasteiger partial charge in [-0.05, 0) is 51.1 Å². The van der Waals surface area contributed by atoms with Gasteiger partial charge in [-0.2, -0.15) is 0 Å². The van der Waals surface area contributed by atoms with Crippen molar-refractivity contribution in [2.45, 2.75) is 32.7 Å². The van der Waals surface area contributed by atoms with Crippen molar-refractivity contribution in [3.8, 4) is 0 Å². The van der Waals surface area contributed by atoms with Gasteiger partial charge in [-0.15, -0.1) is 0 Å². The number of pyridine rings is 1. The molecule has 126 valence electrons. The standard InChI is InChI=1S/C18H26ClN3O/c1-3-22(12-13-23)11-5-6-14(2)21-17-9-10-20-16-8-4-7-15(19)18(16)17/h4,7-10,14,23H,3,5-6,11-13H2,1-2H3,(H,20,21). The van der Waals surface area contributed by atoms with Gasteiger partial charge in [0.1, 0.15) is 0 Å². The van der Waals surface area contributed by atoms with Gasteiger partial charge in [0.05, 0.1) is 17.1 Å². The Hall–Kier alpha value is -1.36. The molecule has 5 heteroatoms. The van der Waals surface area contributed by atoms with Crippen LogP contribution >= 0.6 is 11.6 Å². The minimum atomic E-state index is 0.225. The van der Waals surface area contributed by atoms with E-state index < -0.39 is 0 Å². The number of nitrogens with zero attached hydrogens (tertiary/aromatic N) is 2. The highest BCUT2D eigenvalue weighted by Gasteiger charge is 2.09. The van der Waals surface area contributed by atoms with Crippen molar-refractivity contribution >= 4 is 28.2 Å². The highest BCUT2D eigenvalue weighted by molar-refractivity contribution is 6.36. The Morgan fingerprint density at radius 1 is 1.30 bits per heavy atom. The van der Waals surface area contributed by atoms with Crippen LogP contribution in [-0.4, -0.2) is 47.3 Å². The molecule has 0 saturated heterocycles. The third-order valence-electron chi connectivity index (χ3n) is 4.09. The average molecular weight is 336 g/mol. The number of halogens is 1. The number of likely N-dealkylation sites (N-methyl/N-ethyl adjacent to an activating group) is 1. The maximum absolute atomic E-state index is 9.03. The number of anilines is 1. The number of aliphatic hydroxyl groups is 1. The maximum Gasteiger partial charge on any atom is 0.0737 e. The SMILES string of the molecule is CCN(CCO)CCCC(C)Nc1ccnc2cccc(Cl)c12. The molecule has 0 radical (unpaired) electrons. The predicted molar refractivity (Wildman–Crippen MR) is 98.3 cm³/mol. The van der Waals surface area contributed by atoms with Crippen molar-refractivity contribution in [2.24, 2.45) is 0 Å². The zero-order chi connectivity index (χ0) is 16.7. The first kappa shape index (κ1) is 18.0. The van der Waals surface area contributed by atoms with E-state index >= 15 is 0 Å². The molecule has 2 aromatic rings. The third-order valence-corrected chi connectivity index (χ3v) is 4.41. The van der Waals surface area contributed by atoms with Crippen LogP contribution in [0.25, 0.3) is 10.9 Å². The lowest BCUT2D eigenvalue weighted by Crippen LogP contribution is -2.28. The monoisotopic (exact) mass is 335 g/mol. The maximum atomic E-state index is 9.03. The van der Waals surface area contributed by atoms with Crippen molar-refractivity contribution in [2.75, 3.05) is 31.6 Å². The molecule has 0 fully saturated rings. The normalized spacial score (nSPS) is 12.7. The summed E-state index contributed by atoms with van der Waals surface area (Å²) in [7, 11) is 0. The van der Waals surface area contributed by atoms with Crippen LogP contribution < -0.4 is 5.32 Å². The lowest BCUT2D eigenvalue weighted by molar-refractivity contribution is 0.199. The Bertz CT molecular complexity index is 615. The largest absolute Gasteiger partial charge is 0.395 e. The van der Waals surface area contributed by atoms with Gasteiger partial charge >= 0.3 is 0 Å². The smallest absolute Gasteiger partial charge is 0.0737 e. The summed E-state index contributed by atoms with van der Waals surface area (Å²) in [5.41, 5.74) is 1.95. The quantitative estimate of drug-likeness (QED) is 0.732. The third kappa shape index (κ3) is 5.06. The number of fused-ring (bicyclic) bond motifs is 1. The highest BCUT2D eigenvalue weighted by Crippen LogP contribution is 2.29. The van der Waals surface area contributed by atoms with Gasteiger partial charge in [0.25, 0.3) is 0 Å². The lowest BCUT2D eigenvalue weighted by atomic mass is 10.1. The van der Waals surface area contributed by atoms with E-state index in [1.165, 1.54) is 0 Å². The number of hydrogen-bond acceptors (Lipinski definition) is 4. The fraction of sp³-hybridized carbons (Fsp3) is 0.500. The van der Waals surface area contributed by atoms with Crippen LogP contribution in [-0.2, 0) is 0 Å². The Morgan fingerprint density at radius 3 is 2.87 bits per heavy atom. The van der Waals surface area contributed by atoms with Gasteiger partial charge in [0, 0.05) is 29.9 Å². The molecule has 1 atom stereocenters. The van der Waals surface area contributed by atoms with Crippen LogP contribution in [0.2, 0.25) is 5.02 Å². The first-order valence-electron chi connectivity index (χ1n) is 8.28. The average Bonchev–Trinajstić information content (AvgIpc) is 2.54. The fourth-order valence-corrected chi connectivity index (χ4v) is 3.08. The van der Waals surface area contributed by atoms with Gasteiger partial charge in [0.15, 0.2) is 0 Å². The molecule has 0 aliphatic carbocycles. The van der Waals surface area contributed by atoms with Gasteiger partial charge in [-0.1, -0.05) is 24.6 Å². The Kier molecular flexibility index (Phi) is 7.09. The van der Waals surface area contributed by atoms with E-state index in [1.807, 2.05) is 30.5 Å². The van der Waals surface area contributed by atoms with Gasteiger partial charge in [-0.3, -0.25) is 4.98 Å². The van der Waals surface area contributed by atoms with Crippen LogP contribution in [0.15, 0.2) is 30.5 Å². The molecule has 0 saturated carbocycles. The van der Waals surface area contributed by atoms with Crippen molar-refractivity contribution in [3.05, 3.63) is 35.5 Å². The van der Waals surface area contributed by atoms with E-state index in [4.69, 9.17) is 16.7 Å². The molecule has 0 spiro atoms. The van der Waals surface area contributed by atoms with Crippen LogP contribution in [0.5, 0.6) is 0 Å². The van der Waals surface area contributed by atoms with E-state index in [-0.39, 0.29) is 6.61 Å². The van der Waals surface area contributed by atoms with Crippen LogP contribution in [0.3, 0.4) is 0 Å². The summed E-state index contributed by atoms with van der Waals surface area (Å²) >= 11 is 6.33. The number of aliphatic hydroxyl groups excluding tert-OH is 1. The molecular weight excluding hydrogens is 310 g/mol. The molecule has 0 bridgehead atoms. The second-order valence-electron chi connectivity index (χ2n) is 5.84. The summed E-state index contributed by atoms with van der Waals surface area (Å²) in [4.78, 5) is 6.64. The van der Waals surface area contributed by atoms with E-state index in [1.54, 1.807) is 0 Å². The molecule has 4 nitrogen and oxygen atoms in total. The van der Waals surface area contributed by atoms with E-state index in [9.17, 15) is 0 Å². The van der Waals surface area contributed by atoms with Crippen molar-refractivity contribution in [3.63, 3.8) is 0 Å². The fourth-order valence-electron chi connectivity index (χ4n) is 2.81. The minimum Gasteiger partial charge on any atom is -0.395 e. The number of nitrogens with one attached hydrogen (secondary N) is 1. The molecular formula is C18H26ClN3O. The zero-order valence-electron chi connectivity index (χ0n) is 13.9. The van der Waals surface area contributed by atoms with Crippen LogP contribution in [0, 0.1) is 0 Å². The molecule has 2 rings (SSSR count). The molecule has 1 aromatic carbocycles. The van der Waals surface area contributed by atoms with Crippen molar-refractivity contribution in [1.29, 1.82) is 0 Å². The highest BCUT2D eigenvalue weighted by atomic mass is 35.5. The molecule has 2 N–H and O–H groups in total. The van der Waals surface area contributed by atoms with E-state index in [2.05, 4.69) is 29.0 Å². The molecule has 1 unspecified atom stereocenters. The Labute approximate surface area is 143 Å². The number of hydrogen-bond donors (Lipinski definition) is 2. The zero-order valence-corrected chi connectivity index (χ0v) is 14.7. The molecule has 23 heavy (non-hydrogen) atoms. The van der Waals surface area contributed by atoms with Gasteiger partial charge in [-0.25, -0.2) is 0 Å². The first-order chi connectivity index (χ1) is 11.2. The summed E-state index contributed by atoms with van der Waals surface area (Å²) in [5.74, 6) is 0. The topological polar surface area (TPSA) is 48.4 Å². The molecule has 0 aliphatic rings. The number of aromatic nitrogens is 1. The van der Waals surface area contributed by atoms with Crippen molar-refractivity contribution in [1.82, 2.24) is 9.88 Å². The molecule has 0 amide bonds. The Balaban J connectivity index is 1.94. The number of benzene rings is 1. The van der Waals surface area contributed by atoms with E-state index in [0.29, 0.717) is 6.04 Å². The second kappa shape index (κ2) is 9.06. The summed E-state index contributed by atoms with van der Waals surface area (Å²) in [5, 5.41) is 14.3. The molecule has 0 aliphatic heterocycles. The predicted octanol–water partition coefficient (Wildman–Crippen LogP) is 3.78. The summed E-state index contributed by atoms with van der Waals surface area (Å²) in [6.45, 7) is 7.29. The first-order valence-corrected chi connectivity index (χ1v) is 8.66. The summed E-state index contributed by atoms with van der Waals surface area (Å²) in [6, 6.07) is 8.13. The lowest BCUT2D eigenvalue weighted by Gasteiger charge is -2.21. The Morgan fingerprint density at radius 2 is 2.13 bits per heavy atom. The number of rotatable bonds is 9. The molecule has 1 aromatic heterocycles. The van der Waals surface area contributed by atoms with Crippen LogP contribution in [0.1, 0.15) is 26.7 Å². The minimum absolute atomic E-state index is 0.225. The summed E-state index contributed by atoms with van der Waals surface area (Å²) in [6.07, 6.45) is 3.97. The summed E-state index contributed by atoms with van der Waals surface area (Å²) < 4.78 is 0. The van der Waals surface area contributed by atoms with Gasteiger partial charge in [0.2, 0.25) is 0 Å². The van der Waals surface area contributed by atoms with Crippen LogP contribution in [0.4, 0.5) is 5.69 Å². The van der Waals surface area contributed by atoms with E-state index in [0.717, 1.165) is 54.1 Å². The molecule has 1 heterocycles. The van der Waals surface area contributed by atoms with Gasteiger partial charge < -0.3 is 15.3 Å². The van der Waals surface area contributed by atoms with Crippen molar-refractivity contribution < 1.29 is 5.11 Å².